The number of nitrogens with two attached hydrogens (primary N) is 1. The average Bonchev–Trinajstić information content (AvgIpc) is 2.21. The van der Waals surface area contributed by atoms with Gasteiger partial charge in [0.15, 0.2) is 0 Å². The summed E-state index contributed by atoms with van der Waals surface area (Å²) < 4.78 is 0. The third-order valence-corrected chi connectivity index (χ3v) is 3.25. The van der Waals surface area contributed by atoms with E-state index in [1.807, 2.05) is 0 Å². The number of hydrogen-bond acceptors (Lipinski definition) is 1. The van der Waals surface area contributed by atoms with Gasteiger partial charge in [-0.15, -0.1) is 0 Å². The van der Waals surface area contributed by atoms with Gasteiger partial charge in [0.25, 0.3) is 0 Å². The summed E-state index contributed by atoms with van der Waals surface area (Å²) in [7, 11) is 0. The lowest BCUT2D eigenvalue weighted by molar-refractivity contribution is 0.438. The van der Waals surface area contributed by atoms with E-state index in [2.05, 4.69) is 20.8 Å². The van der Waals surface area contributed by atoms with Crippen molar-refractivity contribution in [3.8, 4) is 0 Å². The molecule has 0 saturated carbocycles. The van der Waals surface area contributed by atoms with E-state index in [4.69, 9.17) is 5.73 Å². The van der Waals surface area contributed by atoms with Gasteiger partial charge >= 0.3 is 0 Å². The third kappa shape index (κ3) is 10.2. The SMILES string of the molecule is CCCCCCCCCCC(N)C(C)C. The summed E-state index contributed by atoms with van der Waals surface area (Å²) in [6.45, 7) is 6.71. The second-order valence-corrected chi connectivity index (χ2v) is 5.17. The molecule has 0 aliphatic carbocycles. The Kier molecular flexibility index (Phi) is 10.4. The molecule has 0 aromatic rings. The minimum Gasteiger partial charge on any atom is -0.327 e. The third-order valence-electron chi connectivity index (χ3n) is 3.25. The molecule has 15 heavy (non-hydrogen) atoms. The van der Waals surface area contributed by atoms with Crippen LogP contribution in [0.5, 0.6) is 0 Å². The van der Waals surface area contributed by atoms with Gasteiger partial charge in [-0.1, -0.05) is 72.1 Å². The molecule has 1 atom stereocenters. The van der Waals surface area contributed by atoms with Gasteiger partial charge in [-0.3, -0.25) is 0 Å². The van der Waals surface area contributed by atoms with Crippen LogP contribution in [0.4, 0.5) is 0 Å². The molecule has 0 spiro atoms. The minimum absolute atomic E-state index is 0.421. The molecule has 0 aliphatic rings. The molecular weight excluding hydrogens is 182 g/mol. The highest BCUT2D eigenvalue weighted by molar-refractivity contribution is 4.64. The van der Waals surface area contributed by atoms with E-state index in [9.17, 15) is 0 Å². The van der Waals surface area contributed by atoms with E-state index < -0.39 is 0 Å². The second kappa shape index (κ2) is 10.5. The van der Waals surface area contributed by atoms with Crippen LogP contribution >= 0.6 is 0 Å². The number of rotatable bonds is 10. The lowest BCUT2D eigenvalue weighted by atomic mass is 9.98. The van der Waals surface area contributed by atoms with Crippen LogP contribution in [0.25, 0.3) is 0 Å². The van der Waals surface area contributed by atoms with Crippen LogP contribution < -0.4 is 5.73 Å². The van der Waals surface area contributed by atoms with Crippen molar-refractivity contribution < 1.29 is 0 Å². The monoisotopic (exact) mass is 213 g/mol. The molecule has 0 saturated heterocycles. The summed E-state index contributed by atoms with van der Waals surface area (Å²) >= 11 is 0. The molecule has 0 radical (unpaired) electrons. The first-order chi connectivity index (χ1) is 7.18. The van der Waals surface area contributed by atoms with E-state index in [0.29, 0.717) is 12.0 Å². The van der Waals surface area contributed by atoms with E-state index in [0.717, 1.165) is 0 Å². The molecule has 2 N–H and O–H groups in total. The molecule has 0 amide bonds. The fourth-order valence-corrected chi connectivity index (χ4v) is 1.85. The van der Waals surface area contributed by atoms with Crippen LogP contribution in [0, 0.1) is 5.92 Å². The first kappa shape index (κ1) is 15.0. The largest absolute Gasteiger partial charge is 0.327 e. The van der Waals surface area contributed by atoms with Crippen molar-refractivity contribution >= 4 is 0 Å². The molecule has 1 heteroatoms. The summed E-state index contributed by atoms with van der Waals surface area (Å²) in [4.78, 5) is 0. The second-order valence-electron chi connectivity index (χ2n) is 5.17. The van der Waals surface area contributed by atoms with Gasteiger partial charge in [0, 0.05) is 6.04 Å². The lowest BCUT2D eigenvalue weighted by Crippen LogP contribution is -2.25. The maximum absolute atomic E-state index is 6.00. The topological polar surface area (TPSA) is 26.0 Å². The van der Waals surface area contributed by atoms with E-state index in [1.165, 1.54) is 57.8 Å². The number of hydrogen-bond donors (Lipinski definition) is 1. The summed E-state index contributed by atoms with van der Waals surface area (Å²) in [5, 5.41) is 0. The van der Waals surface area contributed by atoms with Gasteiger partial charge in [-0.2, -0.15) is 0 Å². The van der Waals surface area contributed by atoms with Crippen LogP contribution in [0.15, 0.2) is 0 Å². The molecule has 0 bridgehead atoms. The average molecular weight is 213 g/mol. The van der Waals surface area contributed by atoms with Crippen LogP contribution in [0.1, 0.15) is 78.6 Å². The van der Waals surface area contributed by atoms with Crippen molar-refractivity contribution in [3.05, 3.63) is 0 Å². The quantitative estimate of drug-likeness (QED) is 0.531. The fourth-order valence-electron chi connectivity index (χ4n) is 1.85. The van der Waals surface area contributed by atoms with Crippen LogP contribution in [0.3, 0.4) is 0 Å². The summed E-state index contributed by atoms with van der Waals surface area (Å²) in [5.74, 6) is 0.648. The highest BCUT2D eigenvalue weighted by atomic mass is 14.6. The molecule has 0 heterocycles. The van der Waals surface area contributed by atoms with Gasteiger partial charge in [-0.25, -0.2) is 0 Å². The molecule has 0 aliphatic heterocycles. The molecule has 0 rings (SSSR count). The maximum atomic E-state index is 6.00. The van der Waals surface area contributed by atoms with Crippen molar-refractivity contribution in [2.45, 2.75) is 84.6 Å². The van der Waals surface area contributed by atoms with Crippen LogP contribution in [-0.4, -0.2) is 6.04 Å². The lowest BCUT2D eigenvalue weighted by Gasteiger charge is -2.14. The molecule has 0 aromatic carbocycles. The Hall–Kier alpha value is -0.0400. The Balaban J connectivity index is 3.05. The molecule has 0 aromatic heterocycles. The van der Waals surface area contributed by atoms with Gasteiger partial charge in [0.05, 0.1) is 0 Å². The van der Waals surface area contributed by atoms with Gasteiger partial charge in [0.2, 0.25) is 0 Å². The van der Waals surface area contributed by atoms with Gasteiger partial charge < -0.3 is 5.73 Å². The van der Waals surface area contributed by atoms with E-state index in [1.54, 1.807) is 0 Å². The van der Waals surface area contributed by atoms with Crippen molar-refractivity contribution in [2.24, 2.45) is 11.7 Å². The zero-order valence-electron chi connectivity index (χ0n) is 11.1. The molecular formula is C14H31N. The van der Waals surface area contributed by atoms with Crippen molar-refractivity contribution in [1.29, 1.82) is 0 Å². The normalized spacial score (nSPS) is 13.4. The Morgan fingerprint density at radius 1 is 0.800 bits per heavy atom. The first-order valence-corrected chi connectivity index (χ1v) is 6.94. The van der Waals surface area contributed by atoms with Gasteiger partial charge in [0.1, 0.15) is 0 Å². The Labute approximate surface area is 96.8 Å². The zero-order chi connectivity index (χ0) is 11.5. The molecule has 1 unspecified atom stereocenters. The molecule has 1 nitrogen and oxygen atoms in total. The van der Waals surface area contributed by atoms with E-state index >= 15 is 0 Å². The predicted molar refractivity (Wildman–Crippen MR) is 70.0 cm³/mol. The van der Waals surface area contributed by atoms with Crippen LogP contribution in [0.2, 0.25) is 0 Å². The fraction of sp³-hybridized carbons (Fsp3) is 1.00. The minimum atomic E-state index is 0.421. The molecule has 0 fully saturated rings. The highest BCUT2D eigenvalue weighted by Gasteiger charge is 2.05. The van der Waals surface area contributed by atoms with Crippen LogP contribution in [-0.2, 0) is 0 Å². The predicted octanol–water partition coefficient (Wildman–Crippen LogP) is 4.50. The van der Waals surface area contributed by atoms with Crippen molar-refractivity contribution in [3.63, 3.8) is 0 Å². The zero-order valence-corrected chi connectivity index (χ0v) is 11.1. The summed E-state index contributed by atoms with van der Waals surface area (Å²) in [5.41, 5.74) is 6.00. The standard InChI is InChI=1S/C14H31N/c1-4-5-6-7-8-9-10-11-12-14(15)13(2)3/h13-14H,4-12,15H2,1-3H3. The number of unbranched alkanes of at least 4 members (excludes halogenated alkanes) is 7. The Bertz CT molecular complexity index is 121. The Morgan fingerprint density at radius 2 is 1.27 bits per heavy atom. The first-order valence-electron chi connectivity index (χ1n) is 6.94. The van der Waals surface area contributed by atoms with Crippen molar-refractivity contribution in [1.82, 2.24) is 0 Å². The van der Waals surface area contributed by atoms with E-state index in [-0.39, 0.29) is 0 Å². The molecule has 92 valence electrons. The Morgan fingerprint density at radius 3 is 1.73 bits per heavy atom. The highest BCUT2D eigenvalue weighted by Crippen LogP contribution is 2.12. The summed E-state index contributed by atoms with van der Waals surface area (Å²) in [6, 6.07) is 0.421. The smallest absolute Gasteiger partial charge is 0.00618 e. The summed E-state index contributed by atoms with van der Waals surface area (Å²) in [6.07, 6.45) is 12.4. The van der Waals surface area contributed by atoms with Gasteiger partial charge in [-0.05, 0) is 12.3 Å². The van der Waals surface area contributed by atoms with Crippen molar-refractivity contribution in [2.75, 3.05) is 0 Å². The maximum Gasteiger partial charge on any atom is 0.00618 e.